The molecule has 0 atom stereocenters. The van der Waals surface area contributed by atoms with Crippen LogP contribution in [0, 0.1) is 0 Å². The molecule has 0 spiro atoms. The van der Waals surface area contributed by atoms with Gasteiger partial charge in [-0.1, -0.05) is 6.92 Å². The Bertz CT molecular complexity index is 220. The normalized spacial score (nSPS) is 12.8. The molecule has 0 aliphatic heterocycles. The lowest BCUT2D eigenvalue weighted by atomic mass is 10.5. The fourth-order valence-corrected chi connectivity index (χ4v) is 2.69. The van der Waals surface area contributed by atoms with Gasteiger partial charge < -0.3 is 0 Å². The zero-order valence-electron chi connectivity index (χ0n) is 8.46. The molecule has 0 saturated heterocycles. The molecule has 0 aliphatic rings. The van der Waals surface area contributed by atoms with Crippen LogP contribution in [0.25, 0.3) is 0 Å². The SMILES string of the molecule is CCCN(CCCl)S(=O)(=O)C(C)C. The molecule has 0 amide bonds. The topological polar surface area (TPSA) is 37.4 Å². The molecular formula is C8H18ClNO2S. The molecule has 0 heterocycles. The molecule has 0 rings (SSSR count). The Kier molecular flexibility index (Phi) is 5.92. The third-order valence-corrected chi connectivity index (χ3v) is 4.21. The van der Waals surface area contributed by atoms with Gasteiger partial charge >= 0.3 is 0 Å². The Morgan fingerprint density at radius 2 is 1.85 bits per heavy atom. The summed E-state index contributed by atoms with van der Waals surface area (Å²) >= 11 is 5.54. The first-order valence-corrected chi connectivity index (χ1v) is 6.55. The van der Waals surface area contributed by atoms with E-state index in [1.165, 1.54) is 4.31 Å². The summed E-state index contributed by atoms with van der Waals surface area (Å²) in [4.78, 5) is 0. The summed E-state index contributed by atoms with van der Waals surface area (Å²) in [7, 11) is -3.11. The summed E-state index contributed by atoms with van der Waals surface area (Å²) < 4.78 is 24.8. The van der Waals surface area contributed by atoms with Gasteiger partial charge in [-0.05, 0) is 20.3 Å². The van der Waals surface area contributed by atoms with Gasteiger partial charge in [0.25, 0.3) is 0 Å². The minimum atomic E-state index is -3.11. The second-order valence-corrected chi connectivity index (χ2v) is 6.05. The van der Waals surface area contributed by atoms with E-state index in [0.717, 1.165) is 6.42 Å². The van der Waals surface area contributed by atoms with Crippen molar-refractivity contribution < 1.29 is 8.42 Å². The molecule has 0 aromatic carbocycles. The predicted octanol–water partition coefficient (Wildman–Crippen LogP) is 1.68. The minimum absolute atomic E-state index is 0.353. The zero-order valence-corrected chi connectivity index (χ0v) is 10.0. The van der Waals surface area contributed by atoms with Crippen LogP contribution >= 0.6 is 11.6 Å². The molecule has 0 aliphatic carbocycles. The molecule has 0 unspecified atom stereocenters. The molecule has 5 heteroatoms. The average molecular weight is 228 g/mol. The summed E-state index contributed by atoms with van der Waals surface area (Å²) in [6, 6.07) is 0. The summed E-state index contributed by atoms with van der Waals surface area (Å²) in [5.74, 6) is 0.353. The Morgan fingerprint density at radius 1 is 1.31 bits per heavy atom. The molecule has 0 radical (unpaired) electrons. The van der Waals surface area contributed by atoms with Crippen molar-refractivity contribution >= 4 is 21.6 Å². The molecule has 0 fully saturated rings. The summed E-state index contributed by atoms with van der Waals surface area (Å²) in [6.07, 6.45) is 0.822. The van der Waals surface area contributed by atoms with Crippen LogP contribution in [0.1, 0.15) is 27.2 Å². The van der Waals surface area contributed by atoms with Crippen LogP contribution in [0.5, 0.6) is 0 Å². The van der Waals surface area contributed by atoms with Crippen molar-refractivity contribution in [2.45, 2.75) is 32.4 Å². The molecule has 0 aromatic rings. The second-order valence-electron chi connectivity index (χ2n) is 3.18. The molecule has 0 bridgehead atoms. The van der Waals surface area contributed by atoms with Gasteiger partial charge in [0.15, 0.2) is 0 Å². The monoisotopic (exact) mass is 227 g/mol. The number of hydrogen-bond acceptors (Lipinski definition) is 2. The number of hydrogen-bond donors (Lipinski definition) is 0. The van der Waals surface area contributed by atoms with E-state index in [1.807, 2.05) is 6.92 Å². The van der Waals surface area contributed by atoms with Gasteiger partial charge in [0.05, 0.1) is 5.25 Å². The molecule has 3 nitrogen and oxygen atoms in total. The lowest BCUT2D eigenvalue weighted by Crippen LogP contribution is -2.38. The van der Waals surface area contributed by atoms with Crippen LogP contribution in [0.3, 0.4) is 0 Å². The Hall–Kier alpha value is 0.200. The second kappa shape index (κ2) is 5.83. The fourth-order valence-electron chi connectivity index (χ4n) is 1.01. The van der Waals surface area contributed by atoms with E-state index in [-0.39, 0.29) is 5.25 Å². The maximum Gasteiger partial charge on any atom is 0.216 e. The van der Waals surface area contributed by atoms with Crippen molar-refractivity contribution in [1.82, 2.24) is 4.31 Å². The lowest BCUT2D eigenvalue weighted by Gasteiger charge is -2.22. The number of alkyl halides is 1. The summed E-state index contributed by atoms with van der Waals surface area (Å²) in [5.41, 5.74) is 0. The average Bonchev–Trinajstić information content (AvgIpc) is 2.03. The first kappa shape index (κ1) is 13.2. The molecule has 0 aromatic heterocycles. The van der Waals surface area contributed by atoms with Crippen LogP contribution in [0.15, 0.2) is 0 Å². The number of halogens is 1. The van der Waals surface area contributed by atoms with Crippen molar-refractivity contribution in [3.05, 3.63) is 0 Å². The summed E-state index contributed by atoms with van der Waals surface area (Å²) in [5, 5.41) is -0.359. The standard InChI is InChI=1S/C8H18ClNO2S/c1-4-6-10(7-5-9)13(11,12)8(2)3/h8H,4-7H2,1-3H3. The molecular weight excluding hydrogens is 210 g/mol. The van der Waals surface area contributed by atoms with Crippen molar-refractivity contribution in [2.75, 3.05) is 19.0 Å². The van der Waals surface area contributed by atoms with Crippen molar-refractivity contribution in [3.8, 4) is 0 Å². The number of rotatable bonds is 6. The Labute approximate surface area is 86.1 Å². The highest BCUT2D eigenvalue weighted by atomic mass is 35.5. The van der Waals surface area contributed by atoms with Gasteiger partial charge in [-0.3, -0.25) is 0 Å². The quantitative estimate of drug-likeness (QED) is 0.648. The predicted molar refractivity (Wildman–Crippen MR) is 56.6 cm³/mol. The van der Waals surface area contributed by atoms with Crippen molar-refractivity contribution in [1.29, 1.82) is 0 Å². The van der Waals surface area contributed by atoms with E-state index in [0.29, 0.717) is 19.0 Å². The van der Waals surface area contributed by atoms with E-state index in [2.05, 4.69) is 0 Å². The van der Waals surface area contributed by atoms with Crippen molar-refractivity contribution in [3.63, 3.8) is 0 Å². The highest BCUT2D eigenvalue weighted by Crippen LogP contribution is 2.09. The lowest BCUT2D eigenvalue weighted by molar-refractivity contribution is 0.423. The van der Waals surface area contributed by atoms with E-state index in [1.54, 1.807) is 13.8 Å². The van der Waals surface area contributed by atoms with Crippen LogP contribution < -0.4 is 0 Å². The summed E-state index contributed by atoms with van der Waals surface area (Å²) in [6.45, 7) is 6.30. The molecule has 0 N–H and O–H groups in total. The third kappa shape index (κ3) is 3.83. The van der Waals surface area contributed by atoms with Gasteiger partial charge in [-0.25, -0.2) is 12.7 Å². The van der Waals surface area contributed by atoms with E-state index in [4.69, 9.17) is 11.6 Å². The number of nitrogens with zero attached hydrogens (tertiary/aromatic N) is 1. The molecule has 13 heavy (non-hydrogen) atoms. The van der Waals surface area contributed by atoms with Crippen LogP contribution in [-0.2, 0) is 10.0 Å². The highest BCUT2D eigenvalue weighted by molar-refractivity contribution is 7.89. The Balaban J connectivity index is 4.52. The van der Waals surface area contributed by atoms with E-state index < -0.39 is 10.0 Å². The van der Waals surface area contributed by atoms with Gasteiger partial charge in [0, 0.05) is 19.0 Å². The maximum atomic E-state index is 11.7. The van der Waals surface area contributed by atoms with Gasteiger partial charge in [0.1, 0.15) is 0 Å². The van der Waals surface area contributed by atoms with E-state index >= 15 is 0 Å². The Morgan fingerprint density at radius 3 is 2.15 bits per heavy atom. The first-order valence-electron chi connectivity index (χ1n) is 4.51. The van der Waals surface area contributed by atoms with Gasteiger partial charge in [0.2, 0.25) is 10.0 Å². The molecule has 80 valence electrons. The minimum Gasteiger partial charge on any atom is -0.212 e. The van der Waals surface area contributed by atoms with Crippen LogP contribution in [0.2, 0.25) is 0 Å². The zero-order chi connectivity index (χ0) is 10.5. The van der Waals surface area contributed by atoms with Crippen LogP contribution in [-0.4, -0.2) is 36.9 Å². The molecule has 0 saturated carbocycles. The largest absolute Gasteiger partial charge is 0.216 e. The first-order chi connectivity index (χ1) is 5.96. The maximum absolute atomic E-state index is 11.7. The fraction of sp³-hybridized carbons (Fsp3) is 1.00. The smallest absolute Gasteiger partial charge is 0.212 e. The van der Waals surface area contributed by atoms with E-state index in [9.17, 15) is 8.42 Å². The van der Waals surface area contributed by atoms with Crippen LogP contribution in [0.4, 0.5) is 0 Å². The van der Waals surface area contributed by atoms with Gasteiger partial charge in [-0.2, -0.15) is 0 Å². The van der Waals surface area contributed by atoms with Gasteiger partial charge in [-0.15, -0.1) is 11.6 Å². The third-order valence-electron chi connectivity index (χ3n) is 1.76. The van der Waals surface area contributed by atoms with Crippen molar-refractivity contribution in [2.24, 2.45) is 0 Å². The number of sulfonamides is 1. The highest BCUT2D eigenvalue weighted by Gasteiger charge is 2.23.